The van der Waals surface area contributed by atoms with Crippen molar-refractivity contribution in [2.45, 2.75) is 41.5 Å². The Morgan fingerprint density at radius 3 is 2.13 bits per heavy atom. The van der Waals surface area contributed by atoms with Gasteiger partial charge < -0.3 is 4.74 Å². The zero-order valence-electron chi connectivity index (χ0n) is 11.3. The summed E-state index contributed by atoms with van der Waals surface area (Å²) in [6.07, 6.45) is 8.41. The number of ether oxygens (including phenoxy) is 1. The highest BCUT2D eigenvalue weighted by Gasteiger charge is 2.03. The van der Waals surface area contributed by atoms with Crippen LogP contribution in [0.4, 0.5) is 0 Å². The predicted molar refractivity (Wildman–Crippen MR) is 69.8 cm³/mol. The molecular weight excluding hydrogens is 184 g/mol. The van der Waals surface area contributed by atoms with Gasteiger partial charge in [0.05, 0.1) is 7.11 Å². The van der Waals surface area contributed by atoms with Crippen LogP contribution in [0.3, 0.4) is 0 Å². The average molecular weight is 210 g/mol. The monoisotopic (exact) mass is 210 g/mol. The number of hydrogen-bond acceptors (Lipinski definition) is 1. The Balaban J connectivity index is 0. The standard InChI is InChI=1S/C10H14O.2C2H6/c1-8-5-4-6-9(2)10(7-8)11-3;2*1-2/h4-8H,1-3H3;2*1-2H3. The normalized spacial score (nSPS) is 18.2. The molecule has 1 heteroatoms. The van der Waals surface area contributed by atoms with Crippen molar-refractivity contribution in [1.82, 2.24) is 0 Å². The molecule has 0 spiro atoms. The molecule has 1 aliphatic carbocycles. The molecule has 0 amide bonds. The molecule has 0 aromatic rings. The van der Waals surface area contributed by atoms with Gasteiger partial charge in [0.2, 0.25) is 0 Å². The van der Waals surface area contributed by atoms with Crippen molar-refractivity contribution in [2.24, 2.45) is 5.92 Å². The first kappa shape index (κ1) is 16.4. The molecule has 0 heterocycles. The lowest BCUT2D eigenvalue weighted by Crippen LogP contribution is -1.90. The Morgan fingerprint density at radius 1 is 1.13 bits per heavy atom. The molecule has 0 aliphatic heterocycles. The molecule has 15 heavy (non-hydrogen) atoms. The van der Waals surface area contributed by atoms with E-state index in [0.717, 1.165) is 5.76 Å². The smallest absolute Gasteiger partial charge is 0.118 e. The van der Waals surface area contributed by atoms with E-state index in [-0.39, 0.29) is 0 Å². The molecule has 0 radical (unpaired) electrons. The van der Waals surface area contributed by atoms with Crippen LogP contribution in [0.25, 0.3) is 0 Å². The van der Waals surface area contributed by atoms with Crippen LogP contribution < -0.4 is 0 Å². The summed E-state index contributed by atoms with van der Waals surface area (Å²) >= 11 is 0. The van der Waals surface area contributed by atoms with Crippen molar-refractivity contribution < 1.29 is 4.74 Å². The van der Waals surface area contributed by atoms with Crippen LogP contribution in [0, 0.1) is 5.92 Å². The van der Waals surface area contributed by atoms with Gasteiger partial charge in [-0.3, -0.25) is 0 Å². The summed E-state index contributed by atoms with van der Waals surface area (Å²) in [5.41, 5.74) is 1.19. The van der Waals surface area contributed by atoms with Crippen LogP contribution in [0.15, 0.2) is 35.6 Å². The lowest BCUT2D eigenvalue weighted by molar-refractivity contribution is 0.298. The van der Waals surface area contributed by atoms with Crippen LogP contribution in [0.1, 0.15) is 41.5 Å². The summed E-state index contributed by atoms with van der Waals surface area (Å²) in [5.74, 6) is 1.46. The van der Waals surface area contributed by atoms with Gasteiger partial charge >= 0.3 is 0 Å². The van der Waals surface area contributed by atoms with E-state index in [1.165, 1.54) is 5.57 Å². The Bertz CT molecular complexity index is 221. The highest BCUT2D eigenvalue weighted by molar-refractivity contribution is 5.31. The van der Waals surface area contributed by atoms with Gasteiger partial charge in [0.25, 0.3) is 0 Å². The van der Waals surface area contributed by atoms with Crippen molar-refractivity contribution >= 4 is 0 Å². The van der Waals surface area contributed by atoms with E-state index >= 15 is 0 Å². The SMILES string of the molecule is CC.CC.COC1=CC(C)C=CC=C1C. The van der Waals surface area contributed by atoms with Gasteiger partial charge in [-0.25, -0.2) is 0 Å². The van der Waals surface area contributed by atoms with Gasteiger partial charge in [-0.15, -0.1) is 0 Å². The van der Waals surface area contributed by atoms with Gasteiger partial charge in [0, 0.05) is 0 Å². The zero-order valence-corrected chi connectivity index (χ0v) is 11.3. The molecule has 0 aromatic heterocycles. The summed E-state index contributed by atoms with van der Waals surface area (Å²) in [5, 5.41) is 0. The third-order valence-electron chi connectivity index (χ3n) is 1.78. The van der Waals surface area contributed by atoms with E-state index < -0.39 is 0 Å². The Morgan fingerprint density at radius 2 is 1.67 bits per heavy atom. The Labute approximate surface area is 95.5 Å². The summed E-state index contributed by atoms with van der Waals surface area (Å²) in [4.78, 5) is 0. The van der Waals surface area contributed by atoms with Crippen molar-refractivity contribution in [3.8, 4) is 0 Å². The topological polar surface area (TPSA) is 9.23 Å². The van der Waals surface area contributed by atoms with E-state index in [9.17, 15) is 0 Å². The number of methoxy groups -OCH3 is 1. The van der Waals surface area contributed by atoms with Crippen molar-refractivity contribution in [3.05, 3.63) is 35.6 Å². The molecule has 0 fully saturated rings. The van der Waals surface area contributed by atoms with Gasteiger partial charge in [-0.2, -0.15) is 0 Å². The van der Waals surface area contributed by atoms with Crippen LogP contribution in [0.2, 0.25) is 0 Å². The second-order valence-corrected chi connectivity index (χ2v) is 2.83. The molecule has 0 bridgehead atoms. The third-order valence-corrected chi connectivity index (χ3v) is 1.78. The van der Waals surface area contributed by atoms with Gasteiger partial charge in [-0.05, 0) is 24.5 Å². The largest absolute Gasteiger partial charge is 0.497 e. The second-order valence-electron chi connectivity index (χ2n) is 2.83. The fourth-order valence-electron chi connectivity index (χ4n) is 1.11. The first-order chi connectivity index (χ1) is 7.24. The van der Waals surface area contributed by atoms with E-state index in [1.807, 2.05) is 27.7 Å². The minimum Gasteiger partial charge on any atom is -0.497 e. The molecule has 0 saturated carbocycles. The highest BCUT2D eigenvalue weighted by atomic mass is 16.5. The van der Waals surface area contributed by atoms with Crippen LogP contribution in [-0.4, -0.2) is 7.11 Å². The van der Waals surface area contributed by atoms with Crippen LogP contribution in [0.5, 0.6) is 0 Å². The molecule has 0 aromatic carbocycles. The minimum atomic E-state index is 0.471. The Hall–Kier alpha value is -0.980. The van der Waals surface area contributed by atoms with Gasteiger partial charge in [0.15, 0.2) is 0 Å². The lowest BCUT2D eigenvalue weighted by atomic mass is 10.1. The first-order valence-electron chi connectivity index (χ1n) is 5.85. The third kappa shape index (κ3) is 7.01. The molecule has 1 atom stereocenters. The fraction of sp³-hybridized carbons (Fsp3) is 0.571. The second kappa shape index (κ2) is 11.1. The molecule has 0 saturated heterocycles. The maximum atomic E-state index is 5.21. The number of allylic oxidation sites excluding steroid dienone is 5. The molecule has 1 aliphatic rings. The molecule has 1 nitrogen and oxygen atoms in total. The maximum absolute atomic E-state index is 5.21. The van der Waals surface area contributed by atoms with Crippen LogP contribution in [-0.2, 0) is 4.74 Å². The fourth-order valence-corrected chi connectivity index (χ4v) is 1.11. The van der Waals surface area contributed by atoms with Gasteiger partial charge in [-0.1, -0.05) is 52.8 Å². The molecule has 0 N–H and O–H groups in total. The minimum absolute atomic E-state index is 0.471. The molecular formula is C14H26O. The summed E-state index contributed by atoms with van der Waals surface area (Å²) in [6, 6.07) is 0. The summed E-state index contributed by atoms with van der Waals surface area (Å²) < 4.78 is 5.21. The Kier molecular flexibility index (Phi) is 12.2. The zero-order chi connectivity index (χ0) is 12.3. The van der Waals surface area contributed by atoms with Crippen molar-refractivity contribution in [1.29, 1.82) is 0 Å². The quantitative estimate of drug-likeness (QED) is 0.608. The molecule has 1 unspecified atom stereocenters. The number of rotatable bonds is 1. The van der Waals surface area contributed by atoms with Crippen molar-refractivity contribution in [2.75, 3.05) is 7.11 Å². The maximum Gasteiger partial charge on any atom is 0.118 e. The summed E-state index contributed by atoms with van der Waals surface area (Å²) in [7, 11) is 1.71. The lowest BCUT2D eigenvalue weighted by Gasteiger charge is -2.05. The predicted octanol–water partition coefficient (Wildman–Crippen LogP) is 4.72. The van der Waals surface area contributed by atoms with Crippen molar-refractivity contribution in [3.63, 3.8) is 0 Å². The van der Waals surface area contributed by atoms with Gasteiger partial charge in [0.1, 0.15) is 5.76 Å². The molecule has 1 rings (SSSR count). The average Bonchev–Trinajstić information content (AvgIpc) is 2.46. The van der Waals surface area contributed by atoms with E-state index in [4.69, 9.17) is 4.74 Å². The van der Waals surface area contributed by atoms with E-state index in [1.54, 1.807) is 7.11 Å². The van der Waals surface area contributed by atoms with E-state index in [2.05, 4.69) is 38.2 Å². The molecule has 88 valence electrons. The summed E-state index contributed by atoms with van der Waals surface area (Å²) in [6.45, 7) is 12.2. The van der Waals surface area contributed by atoms with E-state index in [0.29, 0.717) is 5.92 Å². The van der Waals surface area contributed by atoms with Crippen LogP contribution >= 0.6 is 0 Å². The number of hydrogen-bond donors (Lipinski definition) is 0. The highest BCUT2D eigenvalue weighted by Crippen LogP contribution is 2.17. The first-order valence-corrected chi connectivity index (χ1v) is 5.85.